The number of hydrogen-bond acceptors (Lipinski definition) is 5. The Labute approximate surface area is 104 Å². The Balaban J connectivity index is 2.02. The van der Waals surface area contributed by atoms with Gasteiger partial charge in [-0.15, -0.1) is 11.3 Å². The minimum Gasteiger partial charge on any atom is -0.480 e. The molecule has 94 valence electrons. The monoisotopic (exact) mass is 256 g/mol. The Morgan fingerprint density at radius 1 is 1.76 bits per heavy atom. The molecule has 1 unspecified atom stereocenters. The summed E-state index contributed by atoms with van der Waals surface area (Å²) in [4.78, 5) is 17.5. The summed E-state index contributed by atoms with van der Waals surface area (Å²) in [7, 11) is 0. The van der Waals surface area contributed by atoms with Crippen LogP contribution in [0.1, 0.15) is 17.6 Å². The molecule has 0 aromatic carbocycles. The first-order valence-electron chi connectivity index (χ1n) is 5.68. The van der Waals surface area contributed by atoms with Crippen LogP contribution < -0.4 is 0 Å². The zero-order valence-electron chi connectivity index (χ0n) is 9.76. The van der Waals surface area contributed by atoms with Gasteiger partial charge in [-0.2, -0.15) is 0 Å². The number of carboxylic acids is 1. The van der Waals surface area contributed by atoms with Gasteiger partial charge in [-0.1, -0.05) is 6.92 Å². The Bertz CT molecular complexity index is 394. The lowest BCUT2D eigenvalue weighted by Gasteiger charge is -2.32. The highest BCUT2D eigenvalue weighted by Crippen LogP contribution is 2.15. The van der Waals surface area contributed by atoms with Crippen LogP contribution in [0.2, 0.25) is 0 Å². The minimum atomic E-state index is -0.823. The number of carbonyl (C=O) groups is 1. The highest BCUT2D eigenvalue weighted by Gasteiger charge is 2.29. The predicted octanol–water partition coefficient (Wildman–Crippen LogP) is 0.991. The smallest absolute Gasteiger partial charge is 0.323 e. The largest absolute Gasteiger partial charge is 0.480 e. The van der Waals surface area contributed by atoms with Crippen LogP contribution in [0.15, 0.2) is 5.38 Å². The fraction of sp³-hybridized carbons (Fsp3) is 0.636. The van der Waals surface area contributed by atoms with E-state index in [2.05, 4.69) is 11.9 Å². The third kappa shape index (κ3) is 3.02. The van der Waals surface area contributed by atoms with Crippen LogP contribution in [0.25, 0.3) is 0 Å². The fourth-order valence-corrected chi connectivity index (χ4v) is 2.58. The van der Waals surface area contributed by atoms with Gasteiger partial charge in [0.2, 0.25) is 0 Å². The van der Waals surface area contributed by atoms with Gasteiger partial charge in [0, 0.05) is 18.5 Å². The molecule has 1 aromatic heterocycles. The van der Waals surface area contributed by atoms with Gasteiger partial charge in [-0.3, -0.25) is 9.69 Å². The predicted molar refractivity (Wildman–Crippen MR) is 64.1 cm³/mol. The molecule has 0 saturated carbocycles. The first kappa shape index (κ1) is 12.5. The molecule has 1 saturated heterocycles. The zero-order valence-corrected chi connectivity index (χ0v) is 10.6. The molecule has 1 atom stereocenters. The van der Waals surface area contributed by atoms with Crippen molar-refractivity contribution in [2.75, 3.05) is 19.8 Å². The Morgan fingerprint density at radius 2 is 2.59 bits per heavy atom. The van der Waals surface area contributed by atoms with Gasteiger partial charge in [0.05, 0.1) is 23.9 Å². The van der Waals surface area contributed by atoms with Crippen molar-refractivity contribution < 1.29 is 14.6 Å². The van der Waals surface area contributed by atoms with E-state index in [-0.39, 0.29) is 6.61 Å². The summed E-state index contributed by atoms with van der Waals surface area (Å²) in [5.41, 5.74) is 0.958. The molecular weight excluding hydrogens is 240 g/mol. The highest BCUT2D eigenvalue weighted by atomic mass is 32.1. The lowest BCUT2D eigenvalue weighted by Crippen LogP contribution is -2.49. The molecule has 5 nitrogen and oxygen atoms in total. The lowest BCUT2D eigenvalue weighted by atomic mass is 10.2. The molecule has 1 fully saturated rings. The second-order valence-electron chi connectivity index (χ2n) is 3.99. The highest BCUT2D eigenvalue weighted by molar-refractivity contribution is 7.09. The van der Waals surface area contributed by atoms with E-state index in [0.717, 1.165) is 17.1 Å². The molecule has 2 rings (SSSR count). The third-order valence-electron chi connectivity index (χ3n) is 2.79. The Kier molecular flexibility index (Phi) is 4.09. The standard InChI is InChI=1S/C11H16N2O3S/c1-2-10-12-8(7-17-10)5-13-3-4-16-6-9(13)11(14)15/h7,9H,2-6H2,1H3,(H,14,15). The third-order valence-corrected chi connectivity index (χ3v) is 3.83. The number of morpholine rings is 1. The van der Waals surface area contributed by atoms with Gasteiger partial charge in [0.1, 0.15) is 6.04 Å². The number of rotatable bonds is 4. The zero-order chi connectivity index (χ0) is 12.3. The topological polar surface area (TPSA) is 62.7 Å². The van der Waals surface area contributed by atoms with Crippen molar-refractivity contribution >= 4 is 17.3 Å². The number of nitrogens with zero attached hydrogens (tertiary/aromatic N) is 2. The van der Waals surface area contributed by atoms with Gasteiger partial charge in [0.25, 0.3) is 0 Å². The number of aliphatic carboxylic acids is 1. The van der Waals surface area contributed by atoms with E-state index >= 15 is 0 Å². The maximum Gasteiger partial charge on any atom is 0.323 e. The van der Waals surface area contributed by atoms with Crippen molar-refractivity contribution in [2.45, 2.75) is 25.9 Å². The van der Waals surface area contributed by atoms with Crippen molar-refractivity contribution in [3.05, 3.63) is 16.1 Å². The molecule has 6 heteroatoms. The molecule has 1 N–H and O–H groups in total. The lowest BCUT2D eigenvalue weighted by molar-refractivity contribution is -0.150. The van der Waals surface area contributed by atoms with E-state index in [1.165, 1.54) is 0 Å². The van der Waals surface area contributed by atoms with E-state index in [9.17, 15) is 4.79 Å². The van der Waals surface area contributed by atoms with E-state index in [0.29, 0.717) is 19.7 Å². The van der Waals surface area contributed by atoms with E-state index < -0.39 is 12.0 Å². The van der Waals surface area contributed by atoms with Crippen LogP contribution in [-0.2, 0) is 22.5 Å². The van der Waals surface area contributed by atoms with E-state index in [1.54, 1.807) is 11.3 Å². The van der Waals surface area contributed by atoms with Crippen LogP contribution in [0.5, 0.6) is 0 Å². The summed E-state index contributed by atoms with van der Waals surface area (Å²) in [6, 6.07) is -0.546. The number of ether oxygens (including phenoxy) is 1. The Morgan fingerprint density at radius 3 is 3.24 bits per heavy atom. The SMILES string of the molecule is CCc1nc(CN2CCOCC2C(=O)O)cs1. The number of aryl methyl sites for hydroxylation is 1. The quantitative estimate of drug-likeness (QED) is 0.870. The fourth-order valence-electron chi connectivity index (χ4n) is 1.85. The maximum atomic E-state index is 11.1. The van der Waals surface area contributed by atoms with Crippen molar-refractivity contribution in [2.24, 2.45) is 0 Å². The molecular formula is C11H16N2O3S. The molecule has 0 spiro atoms. The summed E-state index contributed by atoms with van der Waals surface area (Å²) >= 11 is 1.63. The molecule has 0 bridgehead atoms. The van der Waals surface area contributed by atoms with Crippen LogP contribution in [-0.4, -0.2) is 46.8 Å². The molecule has 0 radical (unpaired) electrons. The van der Waals surface area contributed by atoms with Gasteiger partial charge >= 0.3 is 5.97 Å². The average Bonchev–Trinajstić information content (AvgIpc) is 2.77. The number of thiazole rings is 1. The molecule has 1 aliphatic rings. The molecule has 1 aromatic rings. The second-order valence-corrected chi connectivity index (χ2v) is 4.93. The van der Waals surface area contributed by atoms with Crippen molar-refractivity contribution in [3.63, 3.8) is 0 Å². The summed E-state index contributed by atoms with van der Waals surface area (Å²) < 4.78 is 5.20. The van der Waals surface area contributed by atoms with Crippen molar-refractivity contribution in [1.29, 1.82) is 0 Å². The summed E-state index contributed by atoms with van der Waals surface area (Å²) in [5, 5.41) is 12.2. The average molecular weight is 256 g/mol. The number of hydrogen-bond donors (Lipinski definition) is 1. The normalized spacial score (nSPS) is 21.6. The Hall–Kier alpha value is -0.980. The number of carboxylic acid groups (broad SMARTS) is 1. The number of aromatic nitrogens is 1. The molecule has 2 heterocycles. The van der Waals surface area contributed by atoms with Gasteiger partial charge in [-0.05, 0) is 6.42 Å². The van der Waals surface area contributed by atoms with Crippen LogP contribution >= 0.6 is 11.3 Å². The van der Waals surface area contributed by atoms with Crippen LogP contribution in [0, 0.1) is 0 Å². The van der Waals surface area contributed by atoms with Gasteiger partial charge in [-0.25, -0.2) is 4.98 Å². The van der Waals surface area contributed by atoms with Gasteiger partial charge in [0.15, 0.2) is 0 Å². The first-order chi connectivity index (χ1) is 8.20. The van der Waals surface area contributed by atoms with E-state index in [1.807, 2.05) is 10.3 Å². The molecule has 1 aliphatic heterocycles. The summed E-state index contributed by atoms with van der Waals surface area (Å²) in [6.45, 7) is 4.17. The summed E-state index contributed by atoms with van der Waals surface area (Å²) in [6.07, 6.45) is 0.927. The molecule has 0 aliphatic carbocycles. The first-order valence-corrected chi connectivity index (χ1v) is 6.56. The maximum absolute atomic E-state index is 11.1. The van der Waals surface area contributed by atoms with Gasteiger partial charge < -0.3 is 9.84 Å². The van der Waals surface area contributed by atoms with Crippen molar-refractivity contribution in [3.8, 4) is 0 Å². The van der Waals surface area contributed by atoms with Crippen molar-refractivity contribution in [1.82, 2.24) is 9.88 Å². The second kappa shape index (κ2) is 5.57. The molecule has 17 heavy (non-hydrogen) atoms. The minimum absolute atomic E-state index is 0.264. The van der Waals surface area contributed by atoms with E-state index in [4.69, 9.17) is 9.84 Å². The molecule has 0 amide bonds. The van der Waals surface area contributed by atoms with Crippen LogP contribution in [0.4, 0.5) is 0 Å². The summed E-state index contributed by atoms with van der Waals surface area (Å²) in [5.74, 6) is -0.823. The van der Waals surface area contributed by atoms with Crippen LogP contribution in [0.3, 0.4) is 0 Å².